The molecule has 0 spiro atoms. The summed E-state index contributed by atoms with van der Waals surface area (Å²) in [6, 6.07) is 1.70. The fraction of sp³-hybridized carbons (Fsp3) is 1.00. The molecule has 1 saturated heterocycles. The van der Waals surface area contributed by atoms with Gasteiger partial charge in [0.25, 0.3) is 0 Å². The van der Waals surface area contributed by atoms with E-state index in [1.54, 1.807) is 0 Å². The molecule has 3 nitrogen and oxygen atoms in total. The second-order valence-electron chi connectivity index (χ2n) is 6.04. The van der Waals surface area contributed by atoms with Gasteiger partial charge in [-0.25, -0.2) is 0 Å². The molecule has 1 N–H and O–H groups in total. The van der Waals surface area contributed by atoms with Gasteiger partial charge in [-0.2, -0.15) is 0 Å². The number of nitrogens with zero attached hydrogens (tertiary/aromatic N) is 1. The maximum absolute atomic E-state index is 5.64. The molecule has 2 aliphatic carbocycles. The summed E-state index contributed by atoms with van der Waals surface area (Å²) in [7, 11) is 0. The SMILES string of the molecule is C(CNC1CCN(C2CC2)C1)COCC1CC1. The van der Waals surface area contributed by atoms with E-state index in [-0.39, 0.29) is 0 Å². The van der Waals surface area contributed by atoms with E-state index in [4.69, 9.17) is 4.74 Å². The van der Waals surface area contributed by atoms with Crippen molar-refractivity contribution in [2.75, 3.05) is 32.8 Å². The Labute approximate surface area is 105 Å². The molecule has 1 aliphatic heterocycles. The quantitative estimate of drug-likeness (QED) is 0.651. The lowest BCUT2D eigenvalue weighted by molar-refractivity contribution is 0.121. The largest absolute Gasteiger partial charge is 0.381 e. The van der Waals surface area contributed by atoms with Crippen LogP contribution in [0.3, 0.4) is 0 Å². The third-order valence-corrected chi connectivity index (χ3v) is 4.23. The highest BCUT2D eigenvalue weighted by atomic mass is 16.5. The molecule has 3 rings (SSSR count). The molecule has 0 aromatic heterocycles. The highest BCUT2D eigenvalue weighted by molar-refractivity contribution is 4.91. The highest BCUT2D eigenvalue weighted by Crippen LogP contribution is 2.30. The van der Waals surface area contributed by atoms with Crippen LogP contribution in [0.5, 0.6) is 0 Å². The molecule has 98 valence electrons. The summed E-state index contributed by atoms with van der Waals surface area (Å²) in [5, 5.41) is 3.68. The predicted molar refractivity (Wildman–Crippen MR) is 69.2 cm³/mol. The van der Waals surface area contributed by atoms with E-state index >= 15 is 0 Å². The second-order valence-corrected chi connectivity index (χ2v) is 6.04. The molecular weight excluding hydrogens is 212 g/mol. The van der Waals surface area contributed by atoms with Crippen molar-refractivity contribution in [2.45, 2.75) is 50.6 Å². The van der Waals surface area contributed by atoms with Gasteiger partial charge in [-0.3, -0.25) is 4.90 Å². The summed E-state index contributed by atoms with van der Waals surface area (Å²) < 4.78 is 5.64. The van der Waals surface area contributed by atoms with Crippen LogP contribution in [0.2, 0.25) is 0 Å². The summed E-state index contributed by atoms with van der Waals surface area (Å²) in [6.07, 6.45) is 8.21. The lowest BCUT2D eigenvalue weighted by atomic mass is 10.2. The first-order chi connectivity index (χ1) is 8.42. The molecule has 0 aromatic carbocycles. The van der Waals surface area contributed by atoms with E-state index in [9.17, 15) is 0 Å². The molecule has 0 amide bonds. The Morgan fingerprint density at radius 1 is 1.12 bits per heavy atom. The average Bonchev–Trinajstić information content (AvgIpc) is 3.24. The molecular formula is C14H26N2O. The molecule has 3 fully saturated rings. The number of likely N-dealkylation sites (tertiary alicyclic amines) is 1. The first-order valence-electron chi connectivity index (χ1n) is 7.47. The van der Waals surface area contributed by atoms with Gasteiger partial charge in [0, 0.05) is 38.4 Å². The minimum atomic E-state index is 0.749. The zero-order valence-electron chi connectivity index (χ0n) is 10.9. The summed E-state index contributed by atoms with van der Waals surface area (Å²) >= 11 is 0. The van der Waals surface area contributed by atoms with Crippen LogP contribution in [0.15, 0.2) is 0 Å². The third-order valence-electron chi connectivity index (χ3n) is 4.23. The van der Waals surface area contributed by atoms with Crippen molar-refractivity contribution in [1.29, 1.82) is 0 Å². The van der Waals surface area contributed by atoms with Gasteiger partial charge in [0.15, 0.2) is 0 Å². The number of ether oxygens (including phenoxy) is 1. The fourth-order valence-corrected chi connectivity index (χ4v) is 2.74. The first kappa shape index (κ1) is 11.9. The predicted octanol–water partition coefficient (Wildman–Crippen LogP) is 1.63. The molecule has 1 unspecified atom stereocenters. The van der Waals surface area contributed by atoms with E-state index in [2.05, 4.69) is 10.2 Å². The van der Waals surface area contributed by atoms with Gasteiger partial charge in [-0.1, -0.05) is 0 Å². The molecule has 1 atom stereocenters. The summed E-state index contributed by atoms with van der Waals surface area (Å²) in [5.74, 6) is 0.907. The minimum Gasteiger partial charge on any atom is -0.381 e. The van der Waals surface area contributed by atoms with Crippen LogP contribution in [0.25, 0.3) is 0 Å². The lowest BCUT2D eigenvalue weighted by Crippen LogP contribution is -2.34. The molecule has 1 heterocycles. The molecule has 17 heavy (non-hydrogen) atoms. The second kappa shape index (κ2) is 5.68. The normalized spacial score (nSPS) is 30.0. The van der Waals surface area contributed by atoms with Crippen molar-refractivity contribution in [3.05, 3.63) is 0 Å². The van der Waals surface area contributed by atoms with Crippen LogP contribution in [0.1, 0.15) is 38.5 Å². The smallest absolute Gasteiger partial charge is 0.0494 e. The van der Waals surface area contributed by atoms with Crippen molar-refractivity contribution in [1.82, 2.24) is 10.2 Å². The average molecular weight is 238 g/mol. The van der Waals surface area contributed by atoms with Gasteiger partial charge in [-0.05, 0) is 51.0 Å². The lowest BCUT2D eigenvalue weighted by Gasteiger charge is -2.15. The zero-order valence-corrected chi connectivity index (χ0v) is 10.9. The van der Waals surface area contributed by atoms with Crippen molar-refractivity contribution in [3.8, 4) is 0 Å². The molecule has 2 saturated carbocycles. The van der Waals surface area contributed by atoms with Crippen LogP contribution in [0, 0.1) is 5.92 Å². The first-order valence-corrected chi connectivity index (χ1v) is 7.47. The summed E-state index contributed by atoms with van der Waals surface area (Å²) in [4.78, 5) is 2.67. The van der Waals surface area contributed by atoms with Gasteiger partial charge < -0.3 is 10.1 Å². The Morgan fingerprint density at radius 3 is 2.76 bits per heavy atom. The van der Waals surface area contributed by atoms with Crippen molar-refractivity contribution in [3.63, 3.8) is 0 Å². The number of rotatable bonds is 8. The van der Waals surface area contributed by atoms with Crippen LogP contribution in [0.4, 0.5) is 0 Å². The van der Waals surface area contributed by atoms with Crippen LogP contribution in [-0.2, 0) is 4.74 Å². The van der Waals surface area contributed by atoms with Gasteiger partial charge in [0.05, 0.1) is 0 Å². The van der Waals surface area contributed by atoms with E-state index in [0.29, 0.717) is 0 Å². The monoisotopic (exact) mass is 238 g/mol. The van der Waals surface area contributed by atoms with Crippen molar-refractivity contribution < 1.29 is 4.74 Å². The Morgan fingerprint density at radius 2 is 2.00 bits per heavy atom. The molecule has 0 aromatic rings. The maximum Gasteiger partial charge on any atom is 0.0494 e. The van der Waals surface area contributed by atoms with Crippen molar-refractivity contribution in [2.24, 2.45) is 5.92 Å². The minimum absolute atomic E-state index is 0.749. The van der Waals surface area contributed by atoms with Crippen LogP contribution >= 0.6 is 0 Å². The van der Waals surface area contributed by atoms with E-state index < -0.39 is 0 Å². The number of hydrogen-bond donors (Lipinski definition) is 1. The zero-order chi connectivity index (χ0) is 11.5. The fourth-order valence-electron chi connectivity index (χ4n) is 2.74. The molecule has 3 heteroatoms. The van der Waals surface area contributed by atoms with Crippen molar-refractivity contribution >= 4 is 0 Å². The Hall–Kier alpha value is -0.120. The highest BCUT2D eigenvalue weighted by Gasteiger charge is 2.33. The van der Waals surface area contributed by atoms with Gasteiger partial charge in [-0.15, -0.1) is 0 Å². The van der Waals surface area contributed by atoms with Crippen LogP contribution in [-0.4, -0.2) is 49.8 Å². The summed E-state index contributed by atoms with van der Waals surface area (Å²) in [6.45, 7) is 5.70. The topological polar surface area (TPSA) is 24.5 Å². The van der Waals surface area contributed by atoms with E-state index in [0.717, 1.165) is 37.8 Å². The standard InChI is InChI=1S/C14H26N2O/c1(9-17-11-12-2-3-12)7-15-13-6-8-16(10-13)14-4-5-14/h12-15H,1-11H2. The molecule has 0 radical (unpaired) electrons. The van der Waals surface area contributed by atoms with Crippen LogP contribution < -0.4 is 5.32 Å². The number of hydrogen-bond acceptors (Lipinski definition) is 3. The van der Waals surface area contributed by atoms with E-state index in [1.807, 2.05) is 0 Å². The number of nitrogens with one attached hydrogen (secondary N) is 1. The van der Waals surface area contributed by atoms with Gasteiger partial charge >= 0.3 is 0 Å². The third kappa shape index (κ3) is 3.94. The summed E-state index contributed by atoms with van der Waals surface area (Å²) in [5.41, 5.74) is 0. The Balaban J connectivity index is 1.18. The molecule has 3 aliphatic rings. The molecule has 0 bridgehead atoms. The Kier molecular flexibility index (Phi) is 3.99. The van der Waals surface area contributed by atoms with Gasteiger partial charge in [0.1, 0.15) is 0 Å². The van der Waals surface area contributed by atoms with Gasteiger partial charge in [0.2, 0.25) is 0 Å². The maximum atomic E-state index is 5.64. The van der Waals surface area contributed by atoms with E-state index in [1.165, 1.54) is 51.6 Å². The Bertz CT molecular complexity index is 238.